The first kappa shape index (κ1) is 80.0. The van der Waals surface area contributed by atoms with Gasteiger partial charge in [0.2, 0.25) is 0 Å². The molecule has 0 saturated carbocycles. The third-order valence-corrected chi connectivity index (χ3v) is 16.9. The third-order valence-electron chi connectivity index (χ3n) is 15.9. The van der Waals surface area contributed by atoms with Gasteiger partial charge in [-0.1, -0.05) is 332 Å². The molecule has 0 spiro atoms. The number of phosphoric ester groups is 1. The lowest BCUT2D eigenvalue weighted by molar-refractivity contribution is -0.870. The first-order valence-electron chi connectivity index (χ1n) is 35.4. The first-order valence-corrected chi connectivity index (χ1v) is 36.9. The Labute approximate surface area is 509 Å². The Balaban J connectivity index is 3.92. The van der Waals surface area contributed by atoms with Gasteiger partial charge < -0.3 is 18.9 Å². The highest BCUT2D eigenvalue weighted by molar-refractivity contribution is 7.47. The molecule has 1 N–H and O–H groups in total. The Morgan fingerprint density at radius 3 is 1.04 bits per heavy atom. The Morgan fingerprint density at radius 2 is 0.695 bits per heavy atom. The number of ether oxygens (including phenoxy) is 2. The number of hydrogen-bond donors (Lipinski definition) is 1. The maximum atomic E-state index is 12.8. The number of phosphoric acid groups is 1. The van der Waals surface area contributed by atoms with Crippen LogP contribution in [0.2, 0.25) is 0 Å². The molecule has 0 heterocycles. The highest BCUT2D eigenvalue weighted by Gasteiger charge is 2.27. The van der Waals surface area contributed by atoms with Crippen molar-refractivity contribution in [2.75, 3.05) is 47.5 Å². The van der Waals surface area contributed by atoms with E-state index in [2.05, 4.69) is 62.5 Å². The van der Waals surface area contributed by atoms with Crippen molar-refractivity contribution >= 4 is 19.8 Å². The summed E-state index contributed by atoms with van der Waals surface area (Å²) in [5.74, 6) is -0.792. The average Bonchev–Trinajstić information content (AvgIpc) is 3.46. The average molecular weight is 1180 g/mol. The van der Waals surface area contributed by atoms with Crippen molar-refractivity contribution in [2.45, 2.75) is 354 Å². The Bertz CT molecular complexity index is 1520. The lowest BCUT2D eigenvalue weighted by Crippen LogP contribution is -2.37. The zero-order chi connectivity index (χ0) is 59.8. The van der Waals surface area contributed by atoms with E-state index in [1.165, 1.54) is 244 Å². The summed E-state index contributed by atoms with van der Waals surface area (Å²) in [6.45, 7) is 4.37. The molecular weight excluding hydrogens is 1040 g/mol. The largest absolute Gasteiger partial charge is 0.472 e. The van der Waals surface area contributed by atoms with Crippen molar-refractivity contribution in [3.8, 4) is 0 Å². The smallest absolute Gasteiger partial charge is 0.462 e. The lowest BCUT2D eigenvalue weighted by atomic mass is 10.0. The molecule has 0 saturated heterocycles. The minimum Gasteiger partial charge on any atom is -0.462 e. The van der Waals surface area contributed by atoms with E-state index in [0.717, 1.165) is 70.6 Å². The van der Waals surface area contributed by atoms with Crippen molar-refractivity contribution in [3.63, 3.8) is 0 Å². The summed E-state index contributed by atoms with van der Waals surface area (Å²) in [6, 6.07) is 0. The minimum atomic E-state index is -4.39. The van der Waals surface area contributed by atoms with Crippen molar-refractivity contribution in [1.82, 2.24) is 0 Å². The van der Waals surface area contributed by atoms with Crippen LogP contribution in [0.5, 0.6) is 0 Å². The molecule has 2 unspecified atom stereocenters. The Hall–Kier alpha value is -2.03. The Morgan fingerprint density at radius 1 is 0.390 bits per heavy atom. The van der Waals surface area contributed by atoms with E-state index in [1.54, 1.807) is 0 Å². The quantitative estimate of drug-likeness (QED) is 0.0211. The predicted octanol–water partition coefficient (Wildman–Crippen LogP) is 22.8. The number of nitrogens with zero attached hydrogens (tertiary/aromatic N) is 1. The molecule has 82 heavy (non-hydrogen) atoms. The van der Waals surface area contributed by atoms with Crippen LogP contribution < -0.4 is 0 Å². The van der Waals surface area contributed by atoms with Crippen LogP contribution in [0.4, 0.5) is 0 Å². The van der Waals surface area contributed by atoms with Gasteiger partial charge in [0.05, 0.1) is 27.7 Å². The molecule has 0 aliphatic carbocycles. The molecule has 0 aromatic heterocycles. The minimum absolute atomic E-state index is 0.0303. The fourth-order valence-corrected chi connectivity index (χ4v) is 11.2. The molecule has 0 aliphatic heterocycles. The first-order chi connectivity index (χ1) is 40.0. The molecule has 482 valence electrons. The molecule has 0 bridgehead atoms. The molecular formula is C72H137NO8P+. The van der Waals surface area contributed by atoms with Gasteiger partial charge in [0, 0.05) is 12.8 Å². The fraction of sp³-hybridized carbons (Fsp3) is 0.861. The number of unbranched alkanes of at least 4 members (excludes halogenated alkanes) is 44. The van der Waals surface area contributed by atoms with Gasteiger partial charge in [-0.25, -0.2) is 4.57 Å². The number of hydrogen-bond acceptors (Lipinski definition) is 7. The van der Waals surface area contributed by atoms with Gasteiger partial charge in [0.1, 0.15) is 19.8 Å². The Kier molecular flexibility index (Phi) is 61.9. The van der Waals surface area contributed by atoms with Crippen LogP contribution in [0.3, 0.4) is 0 Å². The van der Waals surface area contributed by atoms with Crippen molar-refractivity contribution in [2.24, 2.45) is 0 Å². The number of allylic oxidation sites excluding steroid dienone is 8. The highest BCUT2D eigenvalue weighted by atomic mass is 31.2. The predicted molar refractivity (Wildman–Crippen MR) is 353 cm³/mol. The summed E-state index contributed by atoms with van der Waals surface area (Å²) >= 11 is 0. The lowest BCUT2D eigenvalue weighted by Gasteiger charge is -2.24. The van der Waals surface area contributed by atoms with Crippen LogP contribution in [-0.4, -0.2) is 74.9 Å². The monoisotopic (exact) mass is 1180 g/mol. The topological polar surface area (TPSA) is 108 Å². The van der Waals surface area contributed by atoms with Crippen LogP contribution in [0, 0.1) is 0 Å². The van der Waals surface area contributed by atoms with Gasteiger partial charge >= 0.3 is 19.8 Å². The van der Waals surface area contributed by atoms with Crippen molar-refractivity contribution < 1.29 is 42.1 Å². The SMILES string of the molecule is CC/C=C\C/C=C\C/C=C\C/C=C\CCCCCCCCCCC(=O)OC(COC(=O)CCCCCCCCCCCCCCCCCCCCCCCCCCCCCCCCCCCCCCC)COP(=O)(O)OCC[N+](C)(C)C. The summed E-state index contributed by atoms with van der Waals surface area (Å²) in [7, 11) is 1.48. The summed E-state index contributed by atoms with van der Waals surface area (Å²) in [4.78, 5) is 35.8. The summed E-state index contributed by atoms with van der Waals surface area (Å²) in [5, 5.41) is 0. The maximum Gasteiger partial charge on any atom is 0.472 e. The van der Waals surface area contributed by atoms with E-state index >= 15 is 0 Å². The molecule has 0 rings (SSSR count). The standard InChI is InChI=1S/C72H136NO8P/c1-6-8-10-12-14-16-18-20-22-24-26-28-29-30-31-32-33-34-35-36-37-38-39-40-41-42-43-45-46-48-50-52-54-56-58-60-62-64-71(74)78-68-70(69-80-82(76,77)79-67-66-73(3,4)5)81-72(75)65-63-61-59-57-55-53-51-49-47-44-27-25-23-21-19-17-15-13-11-9-7-2/h9,11,15,17,21,23,27,44,70H,6-8,10,12-14,16,18-20,22,24-26,28-43,45-69H2,1-5H3/p+1/b11-9-,17-15-,23-21-,44-27-. The molecule has 0 aromatic rings. The van der Waals surface area contributed by atoms with E-state index in [4.69, 9.17) is 18.5 Å². The zero-order valence-corrected chi connectivity index (χ0v) is 55.9. The van der Waals surface area contributed by atoms with Crippen LogP contribution >= 0.6 is 7.82 Å². The molecule has 2 atom stereocenters. The number of carbonyl (C=O) groups excluding carboxylic acids is 2. The van der Waals surface area contributed by atoms with Gasteiger partial charge in [-0.15, -0.1) is 0 Å². The zero-order valence-electron chi connectivity index (χ0n) is 55.0. The summed E-state index contributed by atoms with van der Waals surface area (Å²) < 4.78 is 34.7. The summed E-state index contributed by atoms with van der Waals surface area (Å²) in [5.41, 5.74) is 0. The number of esters is 2. The van der Waals surface area contributed by atoms with Crippen molar-refractivity contribution in [1.29, 1.82) is 0 Å². The molecule has 10 heteroatoms. The third kappa shape index (κ3) is 67.1. The molecule has 0 radical (unpaired) electrons. The molecule has 0 amide bonds. The van der Waals surface area contributed by atoms with Gasteiger partial charge in [-0.2, -0.15) is 0 Å². The van der Waals surface area contributed by atoms with Crippen LogP contribution in [0.1, 0.15) is 348 Å². The molecule has 0 aliphatic rings. The van der Waals surface area contributed by atoms with E-state index in [1.807, 2.05) is 21.1 Å². The fourth-order valence-electron chi connectivity index (χ4n) is 10.5. The second-order valence-electron chi connectivity index (χ2n) is 25.3. The number of rotatable bonds is 66. The van der Waals surface area contributed by atoms with Gasteiger partial charge in [-0.05, 0) is 51.4 Å². The number of carbonyl (C=O) groups is 2. The van der Waals surface area contributed by atoms with Crippen molar-refractivity contribution in [3.05, 3.63) is 48.6 Å². The van der Waals surface area contributed by atoms with Crippen LogP contribution in [0.25, 0.3) is 0 Å². The molecule has 0 aromatic carbocycles. The number of likely N-dealkylation sites (N-methyl/N-ethyl adjacent to an activating group) is 1. The van der Waals surface area contributed by atoms with E-state index < -0.39 is 26.5 Å². The van der Waals surface area contributed by atoms with Gasteiger partial charge in [0.15, 0.2) is 6.10 Å². The molecule has 9 nitrogen and oxygen atoms in total. The normalized spacial score (nSPS) is 13.4. The van der Waals surface area contributed by atoms with Gasteiger partial charge in [-0.3, -0.25) is 18.6 Å². The highest BCUT2D eigenvalue weighted by Crippen LogP contribution is 2.43. The maximum absolute atomic E-state index is 12.8. The van der Waals surface area contributed by atoms with E-state index in [9.17, 15) is 19.0 Å². The van der Waals surface area contributed by atoms with E-state index in [0.29, 0.717) is 23.9 Å². The number of quaternary nitrogens is 1. The van der Waals surface area contributed by atoms with Crippen LogP contribution in [0.15, 0.2) is 48.6 Å². The van der Waals surface area contributed by atoms with Crippen LogP contribution in [-0.2, 0) is 32.7 Å². The second-order valence-corrected chi connectivity index (χ2v) is 26.7. The van der Waals surface area contributed by atoms with E-state index in [-0.39, 0.29) is 25.6 Å². The summed E-state index contributed by atoms with van der Waals surface area (Å²) in [6.07, 6.45) is 82.4. The second kappa shape index (κ2) is 63.5. The van der Waals surface area contributed by atoms with Gasteiger partial charge in [0.25, 0.3) is 0 Å². The molecule has 0 fully saturated rings.